The van der Waals surface area contributed by atoms with Crippen molar-refractivity contribution in [2.45, 2.75) is 19.4 Å². The van der Waals surface area contributed by atoms with E-state index in [1.54, 1.807) is 18.3 Å². The maximum atomic E-state index is 13.8. The van der Waals surface area contributed by atoms with Gasteiger partial charge in [-0.05, 0) is 26.0 Å². The molecule has 18 heavy (non-hydrogen) atoms. The Morgan fingerprint density at radius 3 is 2.89 bits per heavy atom. The highest BCUT2D eigenvalue weighted by Crippen LogP contribution is 2.28. The van der Waals surface area contributed by atoms with Crippen molar-refractivity contribution < 1.29 is 4.39 Å². The molecule has 2 heterocycles. The number of hydrogen-bond donors (Lipinski definition) is 1. The first-order valence-electron chi connectivity index (χ1n) is 6.27. The summed E-state index contributed by atoms with van der Waals surface area (Å²) in [5.41, 5.74) is 2.56. The standard InChI is InChI=1S/C14H16FN3/c1-10-13(12-4-2-3-5-14(12)15)9-17-18(10)11-6-7-16-8-11/h2-5,9,11,16H,6-8H2,1H3. The first-order valence-corrected chi connectivity index (χ1v) is 6.27. The summed E-state index contributed by atoms with van der Waals surface area (Å²) >= 11 is 0. The van der Waals surface area contributed by atoms with Crippen LogP contribution in [0.1, 0.15) is 18.2 Å². The number of nitrogens with one attached hydrogen (secondary N) is 1. The molecule has 1 aromatic carbocycles. The Hall–Kier alpha value is -1.68. The lowest BCUT2D eigenvalue weighted by Gasteiger charge is -2.12. The second-order valence-corrected chi connectivity index (χ2v) is 4.71. The van der Waals surface area contributed by atoms with Gasteiger partial charge in [-0.15, -0.1) is 0 Å². The Morgan fingerprint density at radius 2 is 2.17 bits per heavy atom. The van der Waals surface area contributed by atoms with Gasteiger partial charge < -0.3 is 5.32 Å². The lowest BCUT2D eigenvalue weighted by atomic mass is 10.1. The molecule has 4 heteroatoms. The molecule has 0 amide bonds. The van der Waals surface area contributed by atoms with Crippen molar-refractivity contribution in [1.29, 1.82) is 0 Å². The van der Waals surface area contributed by atoms with Crippen LogP contribution in [-0.2, 0) is 0 Å². The number of benzene rings is 1. The molecule has 1 saturated heterocycles. The van der Waals surface area contributed by atoms with E-state index in [0.29, 0.717) is 11.6 Å². The fourth-order valence-corrected chi connectivity index (χ4v) is 2.58. The Morgan fingerprint density at radius 1 is 1.33 bits per heavy atom. The van der Waals surface area contributed by atoms with Crippen LogP contribution in [0.3, 0.4) is 0 Å². The van der Waals surface area contributed by atoms with Gasteiger partial charge in [0.25, 0.3) is 0 Å². The van der Waals surface area contributed by atoms with Gasteiger partial charge in [-0.25, -0.2) is 4.39 Å². The summed E-state index contributed by atoms with van der Waals surface area (Å²) in [5, 5.41) is 7.75. The van der Waals surface area contributed by atoms with E-state index in [2.05, 4.69) is 10.4 Å². The molecule has 3 nitrogen and oxygen atoms in total. The molecule has 94 valence electrons. The Labute approximate surface area is 106 Å². The molecule has 0 aliphatic carbocycles. The van der Waals surface area contributed by atoms with Gasteiger partial charge >= 0.3 is 0 Å². The SMILES string of the molecule is Cc1c(-c2ccccc2F)cnn1C1CCNC1. The molecule has 1 N–H and O–H groups in total. The molecule has 0 saturated carbocycles. The van der Waals surface area contributed by atoms with Crippen LogP contribution in [0.15, 0.2) is 30.5 Å². The van der Waals surface area contributed by atoms with E-state index >= 15 is 0 Å². The third-order valence-corrected chi connectivity index (χ3v) is 3.59. The van der Waals surface area contributed by atoms with Crippen molar-refractivity contribution in [1.82, 2.24) is 15.1 Å². The Balaban J connectivity index is 2.02. The topological polar surface area (TPSA) is 29.9 Å². The minimum absolute atomic E-state index is 0.190. The quantitative estimate of drug-likeness (QED) is 0.881. The summed E-state index contributed by atoms with van der Waals surface area (Å²) in [6.07, 6.45) is 2.85. The minimum atomic E-state index is -0.190. The zero-order valence-corrected chi connectivity index (χ0v) is 10.4. The highest BCUT2D eigenvalue weighted by molar-refractivity contribution is 5.65. The molecular formula is C14H16FN3. The Bertz CT molecular complexity index is 556. The van der Waals surface area contributed by atoms with E-state index < -0.39 is 0 Å². The average molecular weight is 245 g/mol. The van der Waals surface area contributed by atoms with Crippen molar-refractivity contribution in [2.24, 2.45) is 0 Å². The van der Waals surface area contributed by atoms with Crippen molar-refractivity contribution in [3.8, 4) is 11.1 Å². The lowest BCUT2D eigenvalue weighted by Crippen LogP contribution is -2.15. The summed E-state index contributed by atoms with van der Waals surface area (Å²) in [6.45, 7) is 3.98. The van der Waals surface area contributed by atoms with Gasteiger partial charge in [0.15, 0.2) is 0 Å². The van der Waals surface area contributed by atoms with Crippen LogP contribution in [0.2, 0.25) is 0 Å². The fraction of sp³-hybridized carbons (Fsp3) is 0.357. The zero-order chi connectivity index (χ0) is 12.5. The highest BCUT2D eigenvalue weighted by atomic mass is 19.1. The van der Waals surface area contributed by atoms with Crippen LogP contribution in [0.25, 0.3) is 11.1 Å². The Kier molecular flexibility index (Phi) is 2.88. The predicted molar refractivity (Wildman–Crippen MR) is 68.9 cm³/mol. The van der Waals surface area contributed by atoms with Crippen molar-refractivity contribution in [3.63, 3.8) is 0 Å². The number of rotatable bonds is 2. The fourth-order valence-electron chi connectivity index (χ4n) is 2.58. The van der Waals surface area contributed by atoms with E-state index in [9.17, 15) is 4.39 Å². The monoisotopic (exact) mass is 245 g/mol. The van der Waals surface area contributed by atoms with Gasteiger partial charge in [-0.3, -0.25) is 4.68 Å². The third-order valence-electron chi connectivity index (χ3n) is 3.59. The van der Waals surface area contributed by atoms with Gasteiger partial charge in [0.05, 0.1) is 12.2 Å². The summed E-state index contributed by atoms with van der Waals surface area (Å²) in [6, 6.07) is 7.25. The summed E-state index contributed by atoms with van der Waals surface area (Å²) in [7, 11) is 0. The smallest absolute Gasteiger partial charge is 0.131 e. The van der Waals surface area contributed by atoms with Crippen LogP contribution in [0, 0.1) is 12.7 Å². The summed E-state index contributed by atoms with van der Waals surface area (Å²) in [5.74, 6) is -0.190. The highest BCUT2D eigenvalue weighted by Gasteiger charge is 2.21. The first kappa shape index (κ1) is 11.4. The molecule has 0 spiro atoms. The van der Waals surface area contributed by atoms with E-state index in [0.717, 1.165) is 30.8 Å². The van der Waals surface area contributed by atoms with E-state index in [1.807, 2.05) is 17.7 Å². The molecular weight excluding hydrogens is 229 g/mol. The maximum Gasteiger partial charge on any atom is 0.131 e. The lowest BCUT2D eigenvalue weighted by molar-refractivity contribution is 0.480. The molecule has 2 aromatic rings. The van der Waals surface area contributed by atoms with Crippen LogP contribution in [-0.4, -0.2) is 22.9 Å². The van der Waals surface area contributed by atoms with Gasteiger partial charge in [0, 0.05) is 23.4 Å². The van der Waals surface area contributed by atoms with Crippen molar-refractivity contribution in [3.05, 3.63) is 42.0 Å². The van der Waals surface area contributed by atoms with E-state index in [4.69, 9.17) is 0 Å². The first-order chi connectivity index (χ1) is 8.77. The van der Waals surface area contributed by atoms with Gasteiger partial charge in [-0.1, -0.05) is 18.2 Å². The molecule has 0 bridgehead atoms. The largest absolute Gasteiger partial charge is 0.315 e. The van der Waals surface area contributed by atoms with Crippen LogP contribution in [0.5, 0.6) is 0 Å². The molecule has 1 aliphatic rings. The van der Waals surface area contributed by atoms with Crippen LogP contribution in [0.4, 0.5) is 4.39 Å². The van der Waals surface area contributed by atoms with Crippen LogP contribution < -0.4 is 5.32 Å². The van der Waals surface area contributed by atoms with Crippen molar-refractivity contribution >= 4 is 0 Å². The molecule has 1 aliphatic heterocycles. The zero-order valence-electron chi connectivity index (χ0n) is 10.4. The number of nitrogens with zero attached hydrogens (tertiary/aromatic N) is 2. The predicted octanol–water partition coefficient (Wildman–Crippen LogP) is 2.53. The minimum Gasteiger partial charge on any atom is -0.315 e. The average Bonchev–Trinajstić information content (AvgIpc) is 2.99. The third kappa shape index (κ3) is 1.82. The molecule has 1 atom stereocenters. The number of halogens is 1. The van der Waals surface area contributed by atoms with Crippen LogP contribution >= 0.6 is 0 Å². The molecule has 0 radical (unpaired) electrons. The van der Waals surface area contributed by atoms with Gasteiger partial charge in [0.1, 0.15) is 5.82 Å². The number of hydrogen-bond acceptors (Lipinski definition) is 2. The van der Waals surface area contributed by atoms with E-state index in [1.165, 1.54) is 6.07 Å². The van der Waals surface area contributed by atoms with Gasteiger partial charge in [-0.2, -0.15) is 5.10 Å². The normalized spacial score (nSPS) is 19.3. The summed E-state index contributed by atoms with van der Waals surface area (Å²) < 4.78 is 15.8. The summed E-state index contributed by atoms with van der Waals surface area (Å²) in [4.78, 5) is 0. The molecule has 1 unspecified atom stereocenters. The molecule has 1 fully saturated rings. The van der Waals surface area contributed by atoms with Gasteiger partial charge in [0.2, 0.25) is 0 Å². The molecule has 3 rings (SSSR count). The maximum absolute atomic E-state index is 13.8. The van der Waals surface area contributed by atoms with Crippen molar-refractivity contribution in [2.75, 3.05) is 13.1 Å². The van der Waals surface area contributed by atoms with E-state index in [-0.39, 0.29) is 5.82 Å². The second-order valence-electron chi connectivity index (χ2n) is 4.71. The second kappa shape index (κ2) is 4.53. The number of aromatic nitrogens is 2. The molecule has 1 aromatic heterocycles.